The Morgan fingerprint density at radius 2 is 2.05 bits per heavy atom. The molecule has 0 amide bonds. The fourth-order valence-electron chi connectivity index (χ4n) is 2.18. The molecule has 0 bridgehead atoms. The molecule has 0 saturated carbocycles. The molecular formula is C13H25N5O. The summed E-state index contributed by atoms with van der Waals surface area (Å²) in [6.07, 6.45) is 2.13. The Labute approximate surface area is 115 Å². The van der Waals surface area contributed by atoms with Gasteiger partial charge in [0, 0.05) is 25.8 Å². The van der Waals surface area contributed by atoms with Gasteiger partial charge in [0.05, 0.1) is 6.61 Å². The zero-order valence-corrected chi connectivity index (χ0v) is 12.3. The van der Waals surface area contributed by atoms with Gasteiger partial charge in [-0.2, -0.15) is 0 Å². The third-order valence-corrected chi connectivity index (χ3v) is 3.19. The lowest BCUT2D eigenvalue weighted by Crippen LogP contribution is -2.38. The van der Waals surface area contributed by atoms with Crippen molar-refractivity contribution < 1.29 is 4.74 Å². The van der Waals surface area contributed by atoms with E-state index in [0.717, 1.165) is 25.2 Å². The number of ether oxygens (including phenoxy) is 1. The van der Waals surface area contributed by atoms with Crippen molar-refractivity contribution in [3.05, 3.63) is 11.9 Å². The summed E-state index contributed by atoms with van der Waals surface area (Å²) in [5, 5.41) is 0. The van der Waals surface area contributed by atoms with E-state index in [4.69, 9.17) is 10.6 Å². The first kappa shape index (κ1) is 15.7. The van der Waals surface area contributed by atoms with E-state index >= 15 is 0 Å². The van der Waals surface area contributed by atoms with Gasteiger partial charge in [0.2, 0.25) is 0 Å². The SMILES string of the molecule is CCC(CC)N(CCOC)c1cc(NN)nc(C)n1. The first-order valence-corrected chi connectivity index (χ1v) is 6.74. The van der Waals surface area contributed by atoms with Crippen molar-refractivity contribution in [2.24, 2.45) is 5.84 Å². The predicted octanol–water partition coefficient (Wildman–Crippen LogP) is 1.71. The number of methoxy groups -OCH3 is 1. The van der Waals surface area contributed by atoms with Gasteiger partial charge < -0.3 is 15.1 Å². The zero-order valence-electron chi connectivity index (χ0n) is 12.3. The average Bonchev–Trinajstić information content (AvgIpc) is 2.42. The third-order valence-electron chi connectivity index (χ3n) is 3.19. The van der Waals surface area contributed by atoms with Gasteiger partial charge in [-0.15, -0.1) is 0 Å². The van der Waals surface area contributed by atoms with Crippen LogP contribution in [0.3, 0.4) is 0 Å². The van der Waals surface area contributed by atoms with Crippen LogP contribution in [0.5, 0.6) is 0 Å². The molecular weight excluding hydrogens is 242 g/mol. The van der Waals surface area contributed by atoms with Crippen molar-refractivity contribution in [1.29, 1.82) is 0 Å². The van der Waals surface area contributed by atoms with Gasteiger partial charge in [-0.3, -0.25) is 0 Å². The number of nitrogens with one attached hydrogen (secondary N) is 1. The Morgan fingerprint density at radius 3 is 2.58 bits per heavy atom. The maximum Gasteiger partial charge on any atom is 0.145 e. The molecule has 0 aliphatic carbocycles. The van der Waals surface area contributed by atoms with Crippen LogP contribution < -0.4 is 16.2 Å². The first-order valence-electron chi connectivity index (χ1n) is 6.74. The molecule has 0 atom stereocenters. The number of nitrogen functional groups attached to an aromatic ring is 1. The quantitative estimate of drug-likeness (QED) is 0.551. The molecule has 0 spiro atoms. The molecule has 0 unspecified atom stereocenters. The number of rotatable bonds is 8. The van der Waals surface area contributed by atoms with Crippen molar-refractivity contribution in [3.8, 4) is 0 Å². The number of nitrogens with two attached hydrogens (primary N) is 1. The van der Waals surface area contributed by atoms with Crippen LogP contribution in [-0.4, -0.2) is 36.3 Å². The van der Waals surface area contributed by atoms with Gasteiger partial charge in [0.15, 0.2) is 0 Å². The summed E-state index contributed by atoms with van der Waals surface area (Å²) in [6.45, 7) is 7.72. The Hall–Kier alpha value is -1.40. The fourth-order valence-corrected chi connectivity index (χ4v) is 2.18. The van der Waals surface area contributed by atoms with E-state index in [2.05, 4.69) is 34.1 Å². The van der Waals surface area contributed by atoms with Crippen LogP contribution in [-0.2, 0) is 4.74 Å². The van der Waals surface area contributed by atoms with Crippen LogP contribution in [0, 0.1) is 6.92 Å². The molecule has 19 heavy (non-hydrogen) atoms. The van der Waals surface area contributed by atoms with Gasteiger partial charge in [-0.05, 0) is 19.8 Å². The van der Waals surface area contributed by atoms with Gasteiger partial charge in [0.1, 0.15) is 17.5 Å². The van der Waals surface area contributed by atoms with Crippen molar-refractivity contribution in [1.82, 2.24) is 9.97 Å². The van der Waals surface area contributed by atoms with Crippen LogP contribution in [0.4, 0.5) is 11.6 Å². The first-order chi connectivity index (χ1) is 9.15. The molecule has 1 aromatic rings. The van der Waals surface area contributed by atoms with Crippen LogP contribution >= 0.6 is 0 Å². The standard InChI is InChI=1S/C13H25N5O/c1-5-11(6-2)18(7-8-19-4)13-9-12(17-14)15-10(3)16-13/h9,11H,5-8,14H2,1-4H3,(H,15,16,17). The molecule has 0 aliphatic heterocycles. The summed E-state index contributed by atoms with van der Waals surface area (Å²) >= 11 is 0. The van der Waals surface area contributed by atoms with Crippen molar-refractivity contribution in [2.45, 2.75) is 39.7 Å². The molecule has 0 aliphatic rings. The predicted molar refractivity (Wildman–Crippen MR) is 78.2 cm³/mol. The Kier molecular flexibility index (Phi) is 6.52. The number of hydrogen-bond acceptors (Lipinski definition) is 6. The Bertz CT molecular complexity index is 381. The Morgan fingerprint density at radius 1 is 1.37 bits per heavy atom. The van der Waals surface area contributed by atoms with Crippen molar-refractivity contribution in [2.75, 3.05) is 30.6 Å². The highest BCUT2D eigenvalue weighted by Gasteiger charge is 2.17. The maximum atomic E-state index is 5.45. The second kappa shape index (κ2) is 7.91. The second-order valence-corrected chi connectivity index (χ2v) is 4.46. The number of nitrogens with zero attached hydrogens (tertiary/aromatic N) is 3. The minimum absolute atomic E-state index is 0.440. The normalized spacial score (nSPS) is 10.8. The highest BCUT2D eigenvalue weighted by Crippen LogP contribution is 2.20. The number of aromatic nitrogens is 2. The van der Waals surface area contributed by atoms with E-state index in [0.29, 0.717) is 24.3 Å². The maximum absolute atomic E-state index is 5.45. The second-order valence-electron chi connectivity index (χ2n) is 4.46. The molecule has 108 valence electrons. The Balaban J connectivity index is 3.04. The summed E-state index contributed by atoms with van der Waals surface area (Å²) in [4.78, 5) is 11.0. The number of hydrazine groups is 1. The van der Waals surface area contributed by atoms with Gasteiger partial charge in [-0.25, -0.2) is 15.8 Å². The van der Waals surface area contributed by atoms with Gasteiger partial charge in [-0.1, -0.05) is 13.8 Å². The lowest BCUT2D eigenvalue weighted by Gasteiger charge is -2.31. The smallest absolute Gasteiger partial charge is 0.145 e. The highest BCUT2D eigenvalue weighted by molar-refractivity contribution is 5.49. The summed E-state index contributed by atoms with van der Waals surface area (Å²) in [6, 6.07) is 2.32. The van der Waals surface area contributed by atoms with E-state index in [1.165, 1.54) is 0 Å². The van der Waals surface area contributed by atoms with E-state index in [1.807, 2.05) is 13.0 Å². The van der Waals surface area contributed by atoms with Gasteiger partial charge in [0.25, 0.3) is 0 Å². The molecule has 0 radical (unpaired) electrons. The summed E-state index contributed by atoms with van der Waals surface area (Å²) < 4.78 is 5.19. The van der Waals surface area contributed by atoms with Crippen LogP contribution in [0.2, 0.25) is 0 Å². The summed E-state index contributed by atoms with van der Waals surface area (Å²) in [7, 11) is 1.71. The average molecular weight is 267 g/mol. The fraction of sp³-hybridized carbons (Fsp3) is 0.692. The topological polar surface area (TPSA) is 76.3 Å². The largest absolute Gasteiger partial charge is 0.383 e. The van der Waals surface area contributed by atoms with E-state index in [-0.39, 0.29) is 0 Å². The van der Waals surface area contributed by atoms with Gasteiger partial charge >= 0.3 is 0 Å². The van der Waals surface area contributed by atoms with Crippen LogP contribution in [0.1, 0.15) is 32.5 Å². The number of hydrogen-bond donors (Lipinski definition) is 2. The van der Waals surface area contributed by atoms with E-state index in [1.54, 1.807) is 7.11 Å². The molecule has 3 N–H and O–H groups in total. The van der Waals surface area contributed by atoms with Crippen molar-refractivity contribution >= 4 is 11.6 Å². The van der Waals surface area contributed by atoms with Crippen molar-refractivity contribution in [3.63, 3.8) is 0 Å². The lowest BCUT2D eigenvalue weighted by atomic mass is 10.1. The highest BCUT2D eigenvalue weighted by atomic mass is 16.5. The molecule has 1 aromatic heterocycles. The minimum atomic E-state index is 0.440. The number of aryl methyl sites for hydroxylation is 1. The van der Waals surface area contributed by atoms with Crippen LogP contribution in [0.15, 0.2) is 6.07 Å². The van der Waals surface area contributed by atoms with E-state index < -0.39 is 0 Å². The molecule has 0 saturated heterocycles. The van der Waals surface area contributed by atoms with E-state index in [9.17, 15) is 0 Å². The summed E-state index contributed by atoms with van der Waals surface area (Å²) in [5.41, 5.74) is 2.59. The molecule has 1 heterocycles. The molecule has 0 aromatic carbocycles. The van der Waals surface area contributed by atoms with Crippen LogP contribution in [0.25, 0.3) is 0 Å². The monoisotopic (exact) mass is 267 g/mol. The number of anilines is 2. The zero-order chi connectivity index (χ0) is 14.3. The molecule has 0 fully saturated rings. The summed E-state index contributed by atoms with van der Waals surface area (Å²) in [5.74, 6) is 7.68. The molecule has 1 rings (SSSR count). The third kappa shape index (κ3) is 4.33. The molecule has 6 nitrogen and oxygen atoms in total. The molecule has 6 heteroatoms. The minimum Gasteiger partial charge on any atom is -0.383 e. The lowest BCUT2D eigenvalue weighted by molar-refractivity contribution is 0.202.